The van der Waals surface area contributed by atoms with Crippen LogP contribution in [0.15, 0.2) is 59.7 Å². The van der Waals surface area contributed by atoms with Gasteiger partial charge in [-0.2, -0.15) is 8.78 Å². The molecule has 138 valence electrons. The van der Waals surface area contributed by atoms with Crippen molar-refractivity contribution in [2.45, 2.75) is 19.8 Å². The third kappa shape index (κ3) is 3.25. The maximum atomic E-state index is 13.8. The van der Waals surface area contributed by atoms with Crippen LogP contribution < -0.4 is 9.64 Å². The number of aryl methyl sites for hydroxylation is 1. The highest BCUT2D eigenvalue weighted by Crippen LogP contribution is 2.32. The highest BCUT2D eigenvalue weighted by atomic mass is 19.3. The van der Waals surface area contributed by atoms with E-state index in [1.165, 1.54) is 24.3 Å². The highest BCUT2D eigenvalue weighted by molar-refractivity contribution is 5.78. The summed E-state index contributed by atoms with van der Waals surface area (Å²) in [6.45, 7) is -1.05. The van der Waals surface area contributed by atoms with Gasteiger partial charge < -0.3 is 9.64 Å². The van der Waals surface area contributed by atoms with Crippen molar-refractivity contribution in [3.05, 3.63) is 66.4 Å². The number of ether oxygens (including phenoxy) is 1. The molecule has 4 rings (SSSR count). The first-order chi connectivity index (χ1) is 13.0. The molecule has 0 radical (unpaired) electrons. The number of hydrogen-bond donors (Lipinski definition) is 0. The van der Waals surface area contributed by atoms with E-state index < -0.39 is 12.9 Å². The number of rotatable bonds is 4. The van der Waals surface area contributed by atoms with E-state index in [4.69, 9.17) is 0 Å². The Balaban J connectivity index is 1.74. The second-order valence-electron chi connectivity index (χ2n) is 5.93. The minimum atomic E-state index is -2.88. The van der Waals surface area contributed by atoms with E-state index in [0.29, 0.717) is 22.5 Å². The van der Waals surface area contributed by atoms with Gasteiger partial charge >= 0.3 is 6.61 Å². The molecule has 5 nitrogen and oxygen atoms in total. The predicted octanol–water partition coefficient (Wildman–Crippen LogP) is 4.65. The molecule has 1 atom stereocenters. The highest BCUT2D eigenvalue weighted by Gasteiger charge is 2.24. The lowest BCUT2D eigenvalue weighted by atomic mass is 10.2. The predicted molar refractivity (Wildman–Crippen MR) is 96.7 cm³/mol. The van der Waals surface area contributed by atoms with Gasteiger partial charge in [-0.05, 0) is 55.5 Å². The molecule has 0 bridgehead atoms. The summed E-state index contributed by atoms with van der Waals surface area (Å²) in [7, 11) is 0. The zero-order valence-electron chi connectivity index (χ0n) is 14.3. The number of anilines is 1. The van der Waals surface area contributed by atoms with Crippen LogP contribution in [0.25, 0.3) is 11.0 Å². The van der Waals surface area contributed by atoms with Gasteiger partial charge in [0, 0.05) is 18.1 Å². The van der Waals surface area contributed by atoms with Crippen molar-refractivity contribution < 1.29 is 17.9 Å². The van der Waals surface area contributed by atoms with Gasteiger partial charge in [0.05, 0.1) is 11.0 Å². The van der Waals surface area contributed by atoms with E-state index in [1.807, 2.05) is 22.6 Å². The van der Waals surface area contributed by atoms with Crippen molar-refractivity contribution in [3.8, 4) is 5.75 Å². The van der Waals surface area contributed by atoms with Gasteiger partial charge in [0.2, 0.25) is 6.29 Å². The van der Waals surface area contributed by atoms with E-state index in [1.54, 1.807) is 30.5 Å². The summed E-state index contributed by atoms with van der Waals surface area (Å²) in [4.78, 5) is 10.8. The number of halogens is 3. The Bertz CT molecular complexity index is 1030. The fraction of sp³-hybridized carbons (Fsp3) is 0.158. The number of nitrogens with zero attached hydrogens (tertiary/aromatic N) is 4. The first kappa shape index (κ1) is 17.1. The lowest BCUT2D eigenvalue weighted by Crippen LogP contribution is -2.29. The largest absolute Gasteiger partial charge is 0.435 e. The van der Waals surface area contributed by atoms with Crippen LogP contribution in [-0.2, 0) is 0 Å². The van der Waals surface area contributed by atoms with Crippen molar-refractivity contribution in [2.24, 2.45) is 4.99 Å². The Kier molecular flexibility index (Phi) is 4.31. The lowest BCUT2D eigenvalue weighted by molar-refractivity contribution is -0.0498. The van der Waals surface area contributed by atoms with Crippen LogP contribution in [0.3, 0.4) is 0 Å². The number of alkyl halides is 2. The molecule has 3 aromatic rings. The summed E-state index contributed by atoms with van der Waals surface area (Å²) in [5.74, 6) is 0.385. The zero-order chi connectivity index (χ0) is 19.0. The van der Waals surface area contributed by atoms with Crippen LogP contribution in [0, 0.1) is 12.7 Å². The Morgan fingerprint density at radius 1 is 1.11 bits per heavy atom. The van der Waals surface area contributed by atoms with E-state index >= 15 is 0 Å². The van der Waals surface area contributed by atoms with Crippen molar-refractivity contribution in [3.63, 3.8) is 0 Å². The van der Waals surface area contributed by atoms with Crippen LogP contribution in [0.4, 0.5) is 18.9 Å². The van der Waals surface area contributed by atoms with Crippen molar-refractivity contribution in [2.75, 3.05) is 4.90 Å². The van der Waals surface area contributed by atoms with Gasteiger partial charge in [-0.25, -0.2) is 14.4 Å². The van der Waals surface area contributed by atoms with E-state index in [9.17, 15) is 13.2 Å². The number of aromatic nitrogens is 2. The minimum absolute atomic E-state index is 0.0705. The maximum Gasteiger partial charge on any atom is 0.387 e. The first-order valence-electron chi connectivity index (χ1n) is 8.20. The summed E-state index contributed by atoms with van der Waals surface area (Å²) in [5, 5.41) is 0. The van der Waals surface area contributed by atoms with Crippen LogP contribution in [-0.4, -0.2) is 22.4 Å². The molecule has 27 heavy (non-hydrogen) atoms. The lowest BCUT2D eigenvalue weighted by Gasteiger charge is -2.31. The Labute approximate surface area is 153 Å². The molecule has 0 N–H and O–H groups in total. The standard InChI is InChI=1S/C19H15F3N4O/c1-12-24-16-8-3-13(20)11-17(16)26(12)19-23-9-2-10-25(19)14-4-6-15(7-5-14)27-18(21)22/h2-11,18-19H,1H3. The molecule has 2 aromatic carbocycles. The monoisotopic (exact) mass is 372 g/mol. The Hall–Kier alpha value is -3.29. The van der Waals surface area contributed by atoms with Gasteiger partial charge in [0.1, 0.15) is 17.4 Å². The molecule has 8 heteroatoms. The molecular weight excluding hydrogens is 357 g/mol. The molecule has 0 saturated heterocycles. The second-order valence-corrected chi connectivity index (χ2v) is 5.93. The fourth-order valence-corrected chi connectivity index (χ4v) is 3.09. The number of hydrogen-bond acceptors (Lipinski definition) is 4. The third-order valence-corrected chi connectivity index (χ3v) is 4.22. The van der Waals surface area contributed by atoms with Crippen molar-refractivity contribution in [1.29, 1.82) is 0 Å². The molecule has 0 amide bonds. The minimum Gasteiger partial charge on any atom is -0.435 e. The normalized spacial score (nSPS) is 16.5. The third-order valence-electron chi connectivity index (χ3n) is 4.22. The summed E-state index contributed by atoms with van der Waals surface area (Å²) < 4.78 is 44.7. The van der Waals surface area contributed by atoms with E-state index in [0.717, 1.165) is 0 Å². The summed E-state index contributed by atoms with van der Waals surface area (Å²) in [5.41, 5.74) is 2.00. The Morgan fingerprint density at radius 2 is 1.89 bits per heavy atom. The molecule has 1 aliphatic heterocycles. The molecule has 1 aliphatic rings. The van der Waals surface area contributed by atoms with Crippen LogP contribution in [0.1, 0.15) is 12.1 Å². The number of benzene rings is 2. The van der Waals surface area contributed by atoms with Gasteiger partial charge in [0.15, 0.2) is 0 Å². The summed E-state index contributed by atoms with van der Waals surface area (Å²) >= 11 is 0. The van der Waals surface area contributed by atoms with E-state index in [-0.39, 0.29) is 11.6 Å². The van der Waals surface area contributed by atoms with Gasteiger partial charge in [-0.3, -0.25) is 4.57 Å². The molecular formula is C19H15F3N4O. The van der Waals surface area contributed by atoms with Crippen molar-refractivity contribution >= 4 is 22.9 Å². The topological polar surface area (TPSA) is 42.7 Å². The Morgan fingerprint density at radius 3 is 2.63 bits per heavy atom. The quantitative estimate of drug-likeness (QED) is 0.670. The number of imidazole rings is 1. The number of aliphatic imine (C=N–C) groups is 1. The molecule has 2 heterocycles. The number of fused-ring (bicyclic) bond motifs is 1. The maximum absolute atomic E-state index is 13.8. The van der Waals surface area contributed by atoms with Gasteiger partial charge in [-0.15, -0.1) is 0 Å². The van der Waals surface area contributed by atoms with Crippen LogP contribution >= 0.6 is 0 Å². The summed E-state index contributed by atoms with van der Waals surface area (Å²) in [6, 6.07) is 10.6. The van der Waals surface area contributed by atoms with E-state index in [2.05, 4.69) is 14.7 Å². The zero-order valence-corrected chi connectivity index (χ0v) is 14.3. The SMILES string of the molecule is Cc1nc2ccc(F)cc2n1C1N=CC=CN1c1ccc(OC(F)F)cc1. The first-order valence-corrected chi connectivity index (χ1v) is 8.20. The average Bonchev–Trinajstić information content (AvgIpc) is 2.97. The van der Waals surface area contributed by atoms with Crippen LogP contribution in [0.2, 0.25) is 0 Å². The van der Waals surface area contributed by atoms with Crippen LogP contribution in [0.5, 0.6) is 5.75 Å². The molecule has 0 saturated carbocycles. The molecule has 0 fully saturated rings. The number of allylic oxidation sites excluding steroid dienone is 1. The van der Waals surface area contributed by atoms with Crippen molar-refractivity contribution in [1.82, 2.24) is 9.55 Å². The second kappa shape index (κ2) is 6.79. The van der Waals surface area contributed by atoms with Gasteiger partial charge in [-0.1, -0.05) is 0 Å². The average molecular weight is 372 g/mol. The van der Waals surface area contributed by atoms with Gasteiger partial charge in [0.25, 0.3) is 0 Å². The fourth-order valence-electron chi connectivity index (χ4n) is 3.09. The molecule has 1 unspecified atom stereocenters. The summed E-state index contributed by atoms with van der Waals surface area (Å²) in [6.07, 6.45) is 4.70. The molecule has 1 aromatic heterocycles. The molecule has 0 spiro atoms. The smallest absolute Gasteiger partial charge is 0.387 e. The molecule has 0 aliphatic carbocycles.